The van der Waals surface area contributed by atoms with Gasteiger partial charge in [-0.1, -0.05) is 32.4 Å². The van der Waals surface area contributed by atoms with E-state index in [1.807, 2.05) is 12.1 Å². The fraction of sp³-hybridized carbons (Fsp3) is 0.688. The lowest BCUT2D eigenvalue weighted by Gasteiger charge is -2.39. The summed E-state index contributed by atoms with van der Waals surface area (Å²) >= 11 is 6.27. The van der Waals surface area contributed by atoms with E-state index in [9.17, 15) is 0 Å². The first-order chi connectivity index (χ1) is 10.0. The number of aromatic nitrogens is 1. The lowest BCUT2D eigenvalue weighted by Crippen LogP contribution is -2.49. The van der Waals surface area contributed by atoms with Crippen LogP contribution in [0.3, 0.4) is 0 Å². The first-order valence-corrected chi connectivity index (χ1v) is 8.16. The van der Waals surface area contributed by atoms with Crippen molar-refractivity contribution in [1.29, 1.82) is 0 Å². The van der Waals surface area contributed by atoms with Crippen molar-refractivity contribution in [2.24, 2.45) is 0 Å². The van der Waals surface area contributed by atoms with Crippen LogP contribution in [0.25, 0.3) is 0 Å². The summed E-state index contributed by atoms with van der Waals surface area (Å²) in [6, 6.07) is 4.77. The highest BCUT2D eigenvalue weighted by Crippen LogP contribution is 2.25. The maximum Gasteiger partial charge on any atom is 0.129 e. The van der Waals surface area contributed by atoms with Gasteiger partial charge in [-0.05, 0) is 25.5 Å². The Morgan fingerprint density at radius 3 is 2.90 bits per heavy atom. The molecule has 0 saturated carbocycles. The minimum absolute atomic E-state index is 0.238. The van der Waals surface area contributed by atoms with Crippen molar-refractivity contribution in [2.45, 2.75) is 58.8 Å². The normalized spacial score (nSPS) is 22.9. The van der Waals surface area contributed by atoms with Crippen LogP contribution in [0.5, 0.6) is 0 Å². The van der Waals surface area contributed by atoms with Crippen molar-refractivity contribution in [3.05, 3.63) is 22.8 Å². The second kappa shape index (κ2) is 7.43. The number of ether oxygens (including phenoxy) is 1. The molecule has 0 bridgehead atoms. The molecule has 2 rings (SSSR count). The molecule has 1 fully saturated rings. The van der Waals surface area contributed by atoms with Crippen molar-refractivity contribution in [3.8, 4) is 0 Å². The molecule has 0 spiro atoms. The molecule has 0 aliphatic carbocycles. The maximum atomic E-state index is 6.27. The molecule has 21 heavy (non-hydrogen) atoms. The smallest absolute Gasteiger partial charge is 0.129 e. The van der Waals surface area contributed by atoms with Gasteiger partial charge < -0.3 is 15.0 Å². The highest BCUT2D eigenvalue weighted by molar-refractivity contribution is 6.31. The predicted molar refractivity (Wildman–Crippen MR) is 88.1 cm³/mol. The molecule has 4 nitrogen and oxygen atoms in total. The van der Waals surface area contributed by atoms with Gasteiger partial charge in [-0.2, -0.15) is 0 Å². The standard InChI is InChI=1S/C16H26ClN3O/c1-5-13-10-21-12(4)9-20(13)16-7-6-14(17)15(19-16)8-18-11(2)3/h6-7,11-13,18H,5,8-10H2,1-4H3. The average Bonchev–Trinajstić information content (AvgIpc) is 2.46. The monoisotopic (exact) mass is 311 g/mol. The van der Waals surface area contributed by atoms with Crippen molar-refractivity contribution < 1.29 is 4.74 Å². The Balaban J connectivity index is 2.19. The molecule has 118 valence electrons. The van der Waals surface area contributed by atoms with Gasteiger partial charge >= 0.3 is 0 Å². The van der Waals surface area contributed by atoms with Crippen LogP contribution in [-0.2, 0) is 11.3 Å². The molecule has 0 radical (unpaired) electrons. The molecule has 1 aliphatic rings. The van der Waals surface area contributed by atoms with Crippen LogP contribution < -0.4 is 10.2 Å². The quantitative estimate of drug-likeness (QED) is 0.906. The number of morpholine rings is 1. The summed E-state index contributed by atoms with van der Waals surface area (Å²) in [5.74, 6) is 1.00. The highest BCUT2D eigenvalue weighted by atomic mass is 35.5. The number of hydrogen-bond acceptors (Lipinski definition) is 4. The number of pyridine rings is 1. The third kappa shape index (κ3) is 4.31. The van der Waals surface area contributed by atoms with Gasteiger partial charge in [0.05, 0.1) is 29.5 Å². The predicted octanol–water partition coefficient (Wildman–Crippen LogP) is 3.24. The zero-order valence-corrected chi connectivity index (χ0v) is 14.2. The van der Waals surface area contributed by atoms with Crippen molar-refractivity contribution in [1.82, 2.24) is 10.3 Å². The zero-order valence-electron chi connectivity index (χ0n) is 13.4. The van der Waals surface area contributed by atoms with E-state index >= 15 is 0 Å². The number of nitrogens with one attached hydrogen (secondary N) is 1. The molecule has 0 amide bonds. The van der Waals surface area contributed by atoms with E-state index in [1.165, 1.54) is 0 Å². The average molecular weight is 312 g/mol. The van der Waals surface area contributed by atoms with E-state index in [-0.39, 0.29) is 6.10 Å². The van der Waals surface area contributed by atoms with Crippen molar-refractivity contribution in [3.63, 3.8) is 0 Å². The molecule has 5 heteroatoms. The molecular formula is C16H26ClN3O. The largest absolute Gasteiger partial charge is 0.375 e. The second-order valence-electron chi connectivity index (χ2n) is 5.99. The summed E-state index contributed by atoms with van der Waals surface area (Å²) in [5.41, 5.74) is 0.914. The summed E-state index contributed by atoms with van der Waals surface area (Å²) < 4.78 is 5.76. The Morgan fingerprint density at radius 2 is 2.24 bits per heavy atom. The SMILES string of the molecule is CCC1COC(C)CN1c1ccc(Cl)c(CNC(C)C)n1. The second-order valence-corrected chi connectivity index (χ2v) is 6.40. The molecule has 1 saturated heterocycles. The molecule has 2 heterocycles. The summed E-state index contributed by atoms with van der Waals surface area (Å²) in [6.45, 7) is 10.9. The molecule has 1 aliphatic heterocycles. The van der Waals surface area contributed by atoms with Gasteiger partial charge in [-0.15, -0.1) is 0 Å². The zero-order chi connectivity index (χ0) is 15.4. The van der Waals surface area contributed by atoms with Crippen LogP contribution in [0.1, 0.15) is 39.8 Å². The Kier molecular flexibility index (Phi) is 5.85. The van der Waals surface area contributed by atoms with Crippen LogP contribution in [0.4, 0.5) is 5.82 Å². The van der Waals surface area contributed by atoms with Gasteiger partial charge in [0.2, 0.25) is 0 Å². The van der Waals surface area contributed by atoms with Gasteiger partial charge in [-0.25, -0.2) is 4.98 Å². The van der Waals surface area contributed by atoms with E-state index < -0.39 is 0 Å². The van der Waals surface area contributed by atoms with E-state index in [4.69, 9.17) is 21.3 Å². The molecule has 2 atom stereocenters. The van der Waals surface area contributed by atoms with E-state index in [1.54, 1.807) is 0 Å². The lowest BCUT2D eigenvalue weighted by atomic mass is 10.1. The fourth-order valence-electron chi connectivity index (χ4n) is 2.52. The third-order valence-corrected chi connectivity index (χ3v) is 4.16. The molecule has 1 aromatic rings. The number of rotatable bonds is 5. The van der Waals surface area contributed by atoms with Crippen LogP contribution in [-0.4, -0.2) is 36.3 Å². The summed E-state index contributed by atoms with van der Waals surface area (Å²) in [4.78, 5) is 7.13. The maximum absolute atomic E-state index is 6.27. The van der Waals surface area contributed by atoms with E-state index in [0.717, 1.165) is 36.1 Å². The Hall–Kier alpha value is -0.840. The summed E-state index contributed by atoms with van der Waals surface area (Å²) in [6.07, 6.45) is 1.29. The lowest BCUT2D eigenvalue weighted by molar-refractivity contribution is 0.0296. The Bertz CT molecular complexity index is 467. The summed E-state index contributed by atoms with van der Waals surface area (Å²) in [7, 11) is 0. The van der Waals surface area contributed by atoms with Crippen LogP contribution in [0, 0.1) is 0 Å². The number of hydrogen-bond donors (Lipinski definition) is 1. The number of anilines is 1. The first kappa shape index (κ1) is 16.5. The molecule has 2 unspecified atom stereocenters. The molecular weight excluding hydrogens is 286 g/mol. The summed E-state index contributed by atoms with van der Waals surface area (Å²) in [5, 5.41) is 4.10. The van der Waals surface area contributed by atoms with Crippen molar-refractivity contribution >= 4 is 17.4 Å². The third-order valence-electron chi connectivity index (χ3n) is 3.81. The van der Waals surface area contributed by atoms with Gasteiger partial charge in [0, 0.05) is 19.1 Å². The number of halogens is 1. The Morgan fingerprint density at radius 1 is 1.48 bits per heavy atom. The van der Waals surface area contributed by atoms with Crippen molar-refractivity contribution in [2.75, 3.05) is 18.1 Å². The van der Waals surface area contributed by atoms with Gasteiger partial charge in [0.25, 0.3) is 0 Å². The van der Waals surface area contributed by atoms with E-state index in [2.05, 4.69) is 37.9 Å². The minimum Gasteiger partial charge on any atom is -0.375 e. The van der Waals surface area contributed by atoms with Gasteiger partial charge in [0.1, 0.15) is 5.82 Å². The van der Waals surface area contributed by atoms with Gasteiger partial charge in [-0.3, -0.25) is 0 Å². The van der Waals surface area contributed by atoms with E-state index in [0.29, 0.717) is 18.6 Å². The van der Waals surface area contributed by atoms with Crippen LogP contribution in [0.15, 0.2) is 12.1 Å². The highest BCUT2D eigenvalue weighted by Gasteiger charge is 2.26. The van der Waals surface area contributed by atoms with Crippen LogP contribution >= 0.6 is 11.6 Å². The molecule has 0 aromatic carbocycles. The number of nitrogens with zero attached hydrogens (tertiary/aromatic N) is 2. The molecule has 1 N–H and O–H groups in total. The Labute approximate surface area is 132 Å². The fourth-order valence-corrected chi connectivity index (χ4v) is 2.69. The van der Waals surface area contributed by atoms with Gasteiger partial charge in [0.15, 0.2) is 0 Å². The topological polar surface area (TPSA) is 37.4 Å². The first-order valence-electron chi connectivity index (χ1n) is 7.78. The van der Waals surface area contributed by atoms with Crippen LogP contribution in [0.2, 0.25) is 5.02 Å². The molecule has 1 aromatic heterocycles. The minimum atomic E-state index is 0.238.